The number of aryl methyl sites for hydroxylation is 1. The van der Waals surface area contributed by atoms with E-state index in [1.54, 1.807) is 17.7 Å². The summed E-state index contributed by atoms with van der Waals surface area (Å²) in [5, 5.41) is 0. The van der Waals surface area contributed by atoms with E-state index >= 15 is 0 Å². The molecule has 4 rings (SSSR count). The molecule has 3 aliphatic rings. The smallest absolute Gasteiger partial charge is 0.125 e. The normalized spacial score (nSPS) is 18.8. The molecule has 0 amide bonds. The minimum atomic E-state index is -0.105. The lowest BCUT2D eigenvalue weighted by Gasteiger charge is -2.31. The summed E-state index contributed by atoms with van der Waals surface area (Å²) in [6.07, 6.45) is 14.8. The van der Waals surface area contributed by atoms with Crippen LogP contribution in [0.25, 0.3) is 0 Å². The molecule has 162 valence electrons. The predicted octanol–water partition coefficient (Wildman–Crippen LogP) is 7.11. The molecule has 2 nitrogen and oxygen atoms in total. The van der Waals surface area contributed by atoms with Crippen molar-refractivity contribution < 1.29 is 4.39 Å². The Kier molecular flexibility index (Phi) is 10.3. The molecule has 0 atom stereocenters. The van der Waals surface area contributed by atoms with Crippen molar-refractivity contribution in [1.29, 1.82) is 0 Å². The summed E-state index contributed by atoms with van der Waals surface area (Å²) < 4.78 is 13.2. The maximum atomic E-state index is 13.2. The van der Waals surface area contributed by atoms with Gasteiger partial charge in [0.2, 0.25) is 0 Å². The van der Waals surface area contributed by atoms with Crippen LogP contribution in [0, 0.1) is 5.82 Å². The third-order valence-corrected chi connectivity index (χ3v) is 5.83. The molecular weight excluding hydrogens is 359 g/mol. The van der Waals surface area contributed by atoms with Gasteiger partial charge in [-0.05, 0) is 88.1 Å². The van der Waals surface area contributed by atoms with Gasteiger partial charge in [-0.25, -0.2) is 4.39 Å². The number of anilines is 1. The maximum Gasteiger partial charge on any atom is 0.125 e. The van der Waals surface area contributed by atoms with E-state index in [0.29, 0.717) is 0 Å². The average Bonchev–Trinajstić information content (AvgIpc) is 3.31. The number of piperidine rings is 1. The van der Waals surface area contributed by atoms with Crippen LogP contribution in [0.3, 0.4) is 0 Å². The van der Waals surface area contributed by atoms with Crippen molar-refractivity contribution >= 4 is 5.69 Å². The molecule has 0 bridgehead atoms. The molecule has 0 spiro atoms. The number of nitrogens with zero attached hydrogens (tertiary/aromatic N) is 2. The molecule has 1 aliphatic carbocycles. The SMILES string of the molecule is CC.CC1=CC(N2CCCCC2)=CCC1.CCc1cc(F)cc(N2CCCC2)c1. The van der Waals surface area contributed by atoms with Gasteiger partial charge in [-0.15, -0.1) is 0 Å². The first kappa shape index (κ1) is 23.5. The monoisotopic (exact) mass is 400 g/mol. The molecule has 1 aromatic carbocycles. The molecule has 0 saturated carbocycles. The van der Waals surface area contributed by atoms with E-state index in [9.17, 15) is 4.39 Å². The average molecular weight is 401 g/mol. The zero-order valence-electron chi connectivity index (χ0n) is 19.1. The maximum absolute atomic E-state index is 13.2. The van der Waals surface area contributed by atoms with E-state index in [1.807, 2.05) is 13.8 Å². The Bertz CT molecular complexity index is 665. The van der Waals surface area contributed by atoms with Crippen molar-refractivity contribution in [1.82, 2.24) is 4.90 Å². The first-order valence-corrected chi connectivity index (χ1v) is 11.8. The molecule has 2 aliphatic heterocycles. The van der Waals surface area contributed by atoms with Crippen molar-refractivity contribution in [3.63, 3.8) is 0 Å². The first-order valence-electron chi connectivity index (χ1n) is 11.8. The molecule has 2 saturated heterocycles. The quantitative estimate of drug-likeness (QED) is 0.533. The lowest BCUT2D eigenvalue weighted by molar-refractivity contribution is 0.291. The lowest BCUT2D eigenvalue weighted by atomic mass is 10.0. The topological polar surface area (TPSA) is 6.48 Å². The van der Waals surface area contributed by atoms with Crippen LogP contribution in [0.1, 0.15) is 78.2 Å². The van der Waals surface area contributed by atoms with E-state index in [4.69, 9.17) is 0 Å². The molecule has 2 fully saturated rings. The second-order valence-corrected chi connectivity index (χ2v) is 8.07. The van der Waals surface area contributed by atoms with Crippen LogP contribution < -0.4 is 4.90 Å². The number of hydrogen-bond donors (Lipinski definition) is 0. The fourth-order valence-corrected chi connectivity index (χ4v) is 4.20. The molecule has 3 heteroatoms. The van der Waals surface area contributed by atoms with E-state index in [2.05, 4.69) is 41.9 Å². The van der Waals surface area contributed by atoms with Gasteiger partial charge in [-0.3, -0.25) is 0 Å². The van der Waals surface area contributed by atoms with Crippen molar-refractivity contribution in [3.8, 4) is 0 Å². The summed E-state index contributed by atoms with van der Waals surface area (Å²) in [6, 6.07) is 5.37. The summed E-state index contributed by atoms with van der Waals surface area (Å²) in [5.74, 6) is -0.105. The molecular formula is C26H41FN2. The lowest BCUT2D eigenvalue weighted by Crippen LogP contribution is -2.28. The van der Waals surface area contributed by atoms with Crippen LogP contribution in [0.4, 0.5) is 10.1 Å². The van der Waals surface area contributed by atoms with Crippen molar-refractivity contribution in [2.24, 2.45) is 0 Å². The van der Waals surface area contributed by atoms with E-state index in [0.717, 1.165) is 30.8 Å². The number of likely N-dealkylation sites (tertiary alicyclic amines) is 1. The summed E-state index contributed by atoms with van der Waals surface area (Å²) in [5.41, 5.74) is 5.18. The highest BCUT2D eigenvalue weighted by Gasteiger charge is 2.14. The highest BCUT2D eigenvalue weighted by atomic mass is 19.1. The molecule has 1 aromatic rings. The summed E-state index contributed by atoms with van der Waals surface area (Å²) in [7, 11) is 0. The minimum Gasteiger partial charge on any atom is -0.372 e. The van der Waals surface area contributed by atoms with Gasteiger partial charge >= 0.3 is 0 Å². The molecule has 29 heavy (non-hydrogen) atoms. The highest BCUT2D eigenvalue weighted by molar-refractivity contribution is 5.49. The van der Waals surface area contributed by atoms with E-state index in [-0.39, 0.29) is 5.82 Å². The fraction of sp³-hybridized carbons (Fsp3) is 0.615. The van der Waals surface area contributed by atoms with Crippen LogP contribution in [-0.4, -0.2) is 31.1 Å². The van der Waals surface area contributed by atoms with Gasteiger partial charge in [0.1, 0.15) is 5.82 Å². The predicted molar refractivity (Wildman–Crippen MR) is 125 cm³/mol. The van der Waals surface area contributed by atoms with Crippen LogP contribution in [0.5, 0.6) is 0 Å². The Hall–Kier alpha value is -1.77. The van der Waals surface area contributed by atoms with E-state index < -0.39 is 0 Å². The van der Waals surface area contributed by atoms with Crippen molar-refractivity contribution in [2.45, 2.75) is 79.1 Å². The third-order valence-electron chi connectivity index (χ3n) is 5.83. The molecule has 0 N–H and O–H groups in total. The van der Waals surface area contributed by atoms with Gasteiger partial charge in [0.05, 0.1) is 0 Å². The van der Waals surface area contributed by atoms with Gasteiger partial charge in [0, 0.05) is 37.6 Å². The minimum absolute atomic E-state index is 0.105. The second-order valence-electron chi connectivity index (χ2n) is 8.07. The Morgan fingerprint density at radius 1 is 0.862 bits per heavy atom. The number of halogens is 1. The summed E-state index contributed by atoms with van der Waals surface area (Å²) in [4.78, 5) is 4.81. The Labute approximate surface area is 178 Å². The number of hydrogen-bond acceptors (Lipinski definition) is 2. The Morgan fingerprint density at radius 2 is 1.48 bits per heavy atom. The molecule has 0 unspecified atom stereocenters. The van der Waals surface area contributed by atoms with Crippen LogP contribution in [0.2, 0.25) is 0 Å². The van der Waals surface area contributed by atoms with Crippen molar-refractivity contribution in [2.75, 3.05) is 31.1 Å². The third kappa shape index (κ3) is 7.53. The highest BCUT2D eigenvalue weighted by Crippen LogP contribution is 2.23. The van der Waals surface area contributed by atoms with Crippen molar-refractivity contribution in [3.05, 3.63) is 53.0 Å². The standard InChI is InChI=1S/C12H16FN.C12H19N.C2H6/c1-2-10-7-11(13)9-12(8-10)14-5-3-4-6-14;1-11-6-5-7-12(10-11)13-8-3-2-4-9-13;1-2/h7-9H,2-6H2,1H3;7,10H,2-6,8-9H2,1H3;1-2H3. The van der Waals surface area contributed by atoms with Gasteiger partial charge in [0.25, 0.3) is 0 Å². The summed E-state index contributed by atoms with van der Waals surface area (Å²) >= 11 is 0. The second kappa shape index (κ2) is 12.7. The molecule has 0 radical (unpaired) electrons. The zero-order valence-corrected chi connectivity index (χ0v) is 19.1. The van der Waals surface area contributed by atoms with E-state index in [1.165, 1.54) is 63.7 Å². The van der Waals surface area contributed by atoms with Gasteiger partial charge in [0.15, 0.2) is 0 Å². The number of rotatable bonds is 3. The Balaban J connectivity index is 0.000000191. The largest absolute Gasteiger partial charge is 0.372 e. The zero-order chi connectivity index (χ0) is 21.1. The summed E-state index contributed by atoms with van der Waals surface area (Å²) in [6.45, 7) is 13.0. The fourth-order valence-electron chi connectivity index (χ4n) is 4.20. The van der Waals surface area contributed by atoms with Gasteiger partial charge < -0.3 is 9.80 Å². The van der Waals surface area contributed by atoms with Gasteiger partial charge in [-0.2, -0.15) is 0 Å². The number of benzene rings is 1. The number of allylic oxidation sites excluding steroid dienone is 3. The Morgan fingerprint density at radius 3 is 2.10 bits per heavy atom. The van der Waals surface area contributed by atoms with Crippen LogP contribution in [0.15, 0.2) is 41.6 Å². The first-order chi connectivity index (χ1) is 14.2. The molecule has 0 aromatic heterocycles. The molecule has 2 heterocycles. The van der Waals surface area contributed by atoms with Gasteiger partial charge in [-0.1, -0.05) is 32.4 Å². The van der Waals surface area contributed by atoms with Crippen LogP contribution in [-0.2, 0) is 6.42 Å². The van der Waals surface area contributed by atoms with Crippen LogP contribution >= 0.6 is 0 Å².